The molecule has 0 atom stereocenters. The van der Waals surface area contributed by atoms with E-state index in [1.165, 1.54) is 0 Å². The van der Waals surface area contributed by atoms with Crippen molar-refractivity contribution < 1.29 is 14.3 Å². The van der Waals surface area contributed by atoms with Crippen molar-refractivity contribution in [1.82, 2.24) is 5.32 Å². The molecule has 0 aromatic rings. The van der Waals surface area contributed by atoms with Crippen LogP contribution in [0.25, 0.3) is 0 Å². The highest BCUT2D eigenvalue weighted by Gasteiger charge is 1.98. The molecule has 84 valence electrons. The summed E-state index contributed by atoms with van der Waals surface area (Å²) >= 11 is 0. The Hall–Kier alpha value is -0.610. The van der Waals surface area contributed by atoms with Gasteiger partial charge in [0.15, 0.2) is 0 Å². The normalized spacial score (nSPS) is 10.1. The summed E-state index contributed by atoms with van der Waals surface area (Å²) in [6, 6.07) is 0. The monoisotopic (exact) mass is 203 g/mol. The minimum Gasteiger partial charge on any atom is -0.381 e. The minimum absolute atomic E-state index is 0.0534. The molecule has 0 spiro atoms. The summed E-state index contributed by atoms with van der Waals surface area (Å²) in [5, 5.41) is 2.75. The Bertz CT molecular complexity index is 139. The summed E-state index contributed by atoms with van der Waals surface area (Å²) in [5.41, 5.74) is 0. The molecule has 1 N–H and O–H groups in total. The highest BCUT2D eigenvalue weighted by Crippen LogP contribution is 1.84. The summed E-state index contributed by atoms with van der Waals surface area (Å²) < 4.78 is 10.2. The van der Waals surface area contributed by atoms with Gasteiger partial charge in [0.2, 0.25) is 5.91 Å². The molecule has 1 amide bonds. The van der Waals surface area contributed by atoms with E-state index in [0.29, 0.717) is 19.8 Å². The molecular formula is C10H21NO3. The third-order valence-electron chi connectivity index (χ3n) is 1.57. The number of hydrogen-bond donors (Lipinski definition) is 1. The first-order valence-corrected chi connectivity index (χ1v) is 5.23. The van der Waals surface area contributed by atoms with Gasteiger partial charge < -0.3 is 14.8 Å². The van der Waals surface area contributed by atoms with Gasteiger partial charge in [-0.1, -0.05) is 6.92 Å². The molecule has 0 heterocycles. The molecule has 0 aromatic heterocycles. The van der Waals surface area contributed by atoms with Crippen LogP contribution in [0.2, 0.25) is 0 Å². The number of rotatable bonds is 9. The molecule has 0 radical (unpaired) electrons. The van der Waals surface area contributed by atoms with Gasteiger partial charge in [0.1, 0.15) is 6.61 Å². The maximum atomic E-state index is 11.0. The third-order valence-corrected chi connectivity index (χ3v) is 1.57. The molecular weight excluding hydrogens is 182 g/mol. The SMILES string of the molecule is CCCOCCCNC(=O)COCC. The van der Waals surface area contributed by atoms with Crippen molar-refractivity contribution in [2.24, 2.45) is 0 Å². The molecule has 0 saturated carbocycles. The lowest BCUT2D eigenvalue weighted by atomic mass is 10.4. The molecule has 0 aliphatic rings. The maximum Gasteiger partial charge on any atom is 0.245 e. The quantitative estimate of drug-likeness (QED) is 0.568. The molecule has 4 nitrogen and oxygen atoms in total. The summed E-state index contributed by atoms with van der Waals surface area (Å²) in [4.78, 5) is 11.0. The van der Waals surface area contributed by atoms with Crippen LogP contribution < -0.4 is 5.32 Å². The van der Waals surface area contributed by atoms with Gasteiger partial charge >= 0.3 is 0 Å². The van der Waals surface area contributed by atoms with Gasteiger partial charge in [0.05, 0.1) is 0 Å². The Balaban J connectivity index is 3.07. The van der Waals surface area contributed by atoms with Crippen molar-refractivity contribution >= 4 is 5.91 Å². The van der Waals surface area contributed by atoms with Gasteiger partial charge in [-0.3, -0.25) is 4.79 Å². The standard InChI is InChI=1S/C10H21NO3/c1-3-7-14-8-5-6-11-10(12)9-13-4-2/h3-9H2,1-2H3,(H,11,12). The van der Waals surface area contributed by atoms with Crippen molar-refractivity contribution in [3.8, 4) is 0 Å². The molecule has 4 heteroatoms. The first-order chi connectivity index (χ1) is 6.81. The van der Waals surface area contributed by atoms with E-state index in [1.807, 2.05) is 6.92 Å². The lowest BCUT2D eigenvalue weighted by Gasteiger charge is -2.05. The largest absolute Gasteiger partial charge is 0.381 e. The summed E-state index contributed by atoms with van der Waals surface area (Å²) in [5.74, 6) is -0.0534. The van der Waals surface area contributed by atoms with Gasteiger partial charge in [-0.25, -0.2) is 0 Å². The van der Waals surface area contributed by atoms with Crippen LogP contribution >= 0.6 is 0 Å². The fourth-order valence-electron chi connectivity index (χ4n) is 0.894. The van der Waals surface area contributed by atoms with Crippen LogP contribution in [0.4, 0.5) is 0 Å². The van der Waals surface area contributed by atoms with Crippen LogP contribution in [0.1, 0.15) is 26.7 Å². The van der Waals surface area contributed by atoms with Crippen molar-refractivity contribution in [2.45, 2.75) is 26.7 Å². The molecule has 14 heavy (non-hydrogen) atoms. The van der Waals surface area contributed by atoms with E-state index in [0.717, 1.165) is 19.4 Å². The molecule has 0 aliphatic heterocycles. The number of nitrogens with one attached hydrogen (secondary N) is 1. The molecule has 0 aliphatic carbocycles. The van der Waals surface area contributed by atoms with Crippen LogP contribution in [0.15, 0.2) is 0 Å². The topological polar surface area (TPSA) is 47.6 Å². The zero-order valence-electron chi connectivity index (χ0n) is 9.17. The lowest BCUT2D eigenvalue weighted by molar-refractivity contribution is -0.125. The van der Waals surface area contributed by atoms with Crippen molar-refractivity contribution in [1.29, 1.82) is 0 Å². The van der Waals surface area contributed by atoms with E-state index in [-0.39, 0.29) is 12.5 Å². The maximum absolute atomic E-state index is 11.0. The third kappa shape index (κ3) is 9.48. The van der Waals surface area contributed by atoms with Gasteiger partial charge in [-0.05, 0) is 19.8 Å². The Labute approximate surface area is 86.0 Å². The van der Waals surface area contributed by atoms with E-state index < -0.39 is 0 Å². The van der Waals surface area contributed by atoms with E-state index in [1.54, 1.807) is 0 Å². The summed E-state index contributed by atoms with van der Waals surface area (Å²) in [6.07, 6.45) is 1.90. The molecule has 0 rings (SSSR count). The van der Waals surface area contributed by atoms with Crippen LogP contribution in [-0.4, -0.2) is 38.9 Å². The van der Waals surface area contributed by atoms with Gasteiger partial charge in [0.25, 0.3) is 0 Å². The average Bonchev–Trinajstić information content (AvgIpc) is 2.20. The average molecular weight is 203 g/mol. The molecule has 0 unspecified atom stereocenters. The molecule has 0 aromatic carbocycles. The van der Waals surface area contributed by atoms with Crippen molar-refractivity contribution in [3.63, 3.8) is 0 Å². The Morgan fingerprint density at radius 2 is 2.00 bits per heavy atom. The number of carbonyl (C=O) groups is 1. The Morgan fingerprint density at radius 1 is 1.21 bits per heavy atom. The van der Waals surface area contributed by atoms with Crippen molar-refractivity contribution in [3.05, 3.63) is 0 Å². The van der Waals surface area contributed by atoms with Crippen LogP contribution in [0, 0.1) is 0 Å². The van der Waals surface area contributed by atoms with Crippen LogP contribution in [-0.2, 0) is 14.3 Å². The number of amides is 1. The predicted octanol–water partition coefficient (Wildman–Crippen LogP) is 0.956. The lowest BCUT2D eigenvalue weighted by Crippen LogP contribution is -2.29. The Kier molecular flexibility index (Phi) is 10.0. The van der Waals surface area contributed by atoms with E-state index in [2.05, 4.69) is 12.2 Å². The van der Waals surface area contributed by atoms with E-state index in [4.69, 9.17) is 9.47 Å². The molecule has 0 bridgehead atoms. The second kappa shape index (κ2) is 10.5. The zero-order valence-corrected chi connectivity index (χ0v) is 9.17. The Morgan fingerprint density at radius 3 is 2.64 bits per heavy atom. The number of hydrogen-bond acceptors (Lipinski definition) is 3. The highest BCUT2D eigenvalue weighted by atomic mass is 16.5. The van der Waals surface area contributed by atoms with Crippen LogP contribution in [0.5, 0.6) is 0 Å². The van der Waals surface area contributed by atoms with Crippen molar-refractivity contribution in [2.75, 3.05) is 33.0 Å². The second-order valence-corrected chi connectivity index (χ2v) is 2.95. The van der Waals surface area contributed by atoms with Gasteiger partial charge in [0, 0.05) is 26.4 Å². The highest BCUT2D eigenvalue weighted by molar-refractivity contribution is 5.77. The summed E-state index contributed by atoms with van der Waals surface area (Å²) in [6.45, 7) is 6.85. The van der Waals surface area contributed by atoms with Crippen LogP contribution in [0.3, 0.4) is 0 Å². The van der Waals surface area contributed by atoms with E-state index in [9.17, 15) is 4.79 Å². The predicted molar refractivity (Wildman–Crippen MR) is 55.2 cm³/mol. The van der Waals surface area contributed by atoms with E-state index >= 15 is 0 Å². The first kappa shape index (κ1) is 13.4. The molecule has 0 saturated heterocycles. The fourth-order valence-corrected chi connectivity index (χ4v) is 0.894. The smallest absolute Gasteiger partial charge is 0.245 e. The minimum atomic E-state index is -0.0534. The zero-order chi connectivity index (χ0) is 10.6. The fraction of sp³-hybridized carbons (Fsp3) is 0.900. The second-order valence-electron chi connectivity index (χ2n) is 2.95. The molecule has 0 fully saturated rings. The first-order valence-electron chi connectivity index (χ1n) is 5.23. The summed E-state index contributed by atoms with van der Waals surface area (Å²) in [7, 11) is 0. The van der Waals surface area contributed by atoms with Gasteiger partial charge in [-0.15, -0.1) is 0 Å². The number of ether oxygens (including phenoxy) is 2. The van der Waals surface area contributed by atoms with Gasteiger partial charge in [-0.2, -0.15) is 0 Å². The number of carbonyl (C=O) groups excluding carboxylic acids is 1.